The molecule has 0 saturated heterocycles. The Morgan fingerprint density at radius 2 is 2.00 bits per heavy atom. The van der Waals surface area contributed by atoms with Gasteiger partial charge in [0.2, 0.25) is 0 Å². The van der Waals surface area contributed by atoms with E-state index in [9.17, 15) is 0 Å². The minimum absolute atomic E-state index is 0.541. The van der Waals surface area contributed by atoms with Gasteiger partial charge < -0.3 is 15.2 Å². The molecule has 0 radical (unpaired) electrons. The second kappa shape index (κ2) is 6.91. The monoisotopic (exact) mass is 273 g/mol. The van der Waals surface area contributed by atoms with Gasteiger partial charge in [-0.1, -0.05) is 26.0 Å². The molecule has 20 heavy (non-hydrogen) atoms. The van der Waals surface area contributed by atoms with E-state index < -0.39 is 0 Å². The van der Waals surface area contributed by atoms with Crippen molar-refractivity contribution in [1.29, 1.82) is 0 Å². The van der Waals surface area contributed by atoms with Crippen LogP contribution >= 0.6 is 0 Å². The molecule has 2 N–H and O–H groups in total. The number of aromatic nitrogens is 1. The summed E-state index contributed by atoms with van der Waals surface area (Å²) in [7, 11) is 4.28. The molecule has 2 rings (SSSR count). The van der Waals surface area contributed by atoms with Crippen molar-refractivity contribution in [3.8, 4) is 0 Å². The molecular formula is C17H27N3. The molecule has 0 bridgehead atoms. The summed E-state index contributed by atoms with van der Waals surface area (Å²) in [6.45, 7) is 6.59. The number of rotatable bonds is 7. The van der Waals surface area contributed by atoms with Crippen LogP contribution in [0.15, 0.2) is 30.5 Å². The third-order valence-corrected chi connectivity index (χ3v) is 3.61. The van der Waals surface area contributed by atoms with Crippen LogP contribution in [-0.2, 0) is 6.54 Å². The molecule has 0 fully saturated rings. The van der Waals surface area contributed by atoms with Crippen molar-refractivity contribution in [2.75, 3.05) is 20.6 Å². The van der Waals surface area contributed by atoms with Crippen molar-refractivity contribution < 1.29 is 0 Å². The van der Waals surface area contributed by atoms with E-state index in [0.29, 0.717) is 6.04 Å². The Morgan fingerprint density at radius 1 is 1.20 bits per heavy atom. The number of hydrogen-bond acceptors (Lipinski definition) is 2. The highest BCUT2D eigenvalue weighted by atomic mass is 15.1. The molecule has 1 aromatic heterocycles. The van der Waals surface area contributed by atoms with E-state index >= 15 is 0 Å². The van der Waals surface area contributed by atoms with Gasteiger partial charge in [0, 0.05) is 36.2 Å². The van der Waals surface area contributed by atoms with Crippen molar-refractivity contribution in [2.24, 2.45) is 5.92 Å². The number of fused-ring (bicyclic) bond motifs is 1. The number of hydrogen-bond donors (Lipinski definition) is 2. The number of benzene rings is 1. The molecule has 0 amide bonds. The molecule has 1 atom stereocenters. The topological polar surface area (TPSA) is 31.1 Å². The lowest BCUT2D eigenvalue weighted by molar-refractivity contribution is 0.305. The van der Waals surface area contributed by atoms with Crippen LogP contribution in [0.3, 0.4) is 0 Å². The van der Waals surface area contributed by atoms with Gasteiger partial charge in [0.1, 0.15) is 0 Å². The first-order chi connectivity index (χ1) is 9.56. The number of aromatic amines is 1. The molecule has 1 aromatic carbocycles. The van der Waals surface area contributed by atoms with Crippen molar-refractivity contribution in [1.82, 2.24) is 15.2 Å². The first-order valence-electron chi connectivity index (χ1n) is 7.49. The quantitative estimate of drug-likeness (QED) is 0.811. The molecule has 0 aliphatic rings. The molecule has 0 spiro atoms. The average Bonchev–Trinajstić information content (AvgIpc) is 2.83. The number of nitrogens with zero attached hydrogens (tertiary/aromatic N) is 1. The molecule has 1 unspecified atom stereocenters. The van der Waals surface area contributed by atoms with Gasteiger partial charge in [-0.25, -0.2) is 0 Å². The highest BCUT2D eigenvalue weighted by Crippen LogP contribution is 2.17. The van der Waals surface area contributed by atoms with E-state index in [1.165, 1.54) is 22.9 Å². The summed E-state index contributed by atoms with van der Waals surface area (Å²) >= 11 is 0. The smallest absolute Gasteiger partial charge is 0.0457 e. The molecule has 2 aromatic rings. The molecule has 0 aliphatic carbocycles. The summed E-state index contributed by atoms with van der Waals surface area (Å²) in [5, 5.41) is 5.05. The highest BCUT2D eigenvalue weighted by Gasteiger charge is 2.12. The van der Waals surface area contributed by atoms with Crippen LogP contribution in [0.5, 0.6) is 0 Å². The molecule has 0 aliphatic heterocycles. The number of nitrogens with one attached hydrogen (secondary N) is 2. The average molecular weight is 273 g/mol. The van der Waals surface area contributed by atoms with Gasteiger partial charge in [0.25, 0.3) is 0 Å². The van der Waals surface area contributed by atoms with E-state index in [4.69, 9.17) is 0 Å². The summed E-state index contributed by atoms with van der Waals surface area (Å²) in [6.07, 6.45) is 3.22. The Morgan fingerprint density at radius 3 is 2.70 bits per heavy atom. The van der Waals surface area contributed by atoms with E-state index in [-0.39, 0.29) is 0 Å². The third kappa shape index (κ3) is 4.09. The van der Waals surface area contributed by atoms with Gasteiger partial charge in [-0.05, 0) is 44.1 Å². The Balaban J connectivity index is 2.02. The van der Waals surface area contributed by atoms with Crippen LogP contribution in [0.2, 0.25) is 0 Å². The van der Waals surface area contributed by atoms with Gasteiger partial charge >= 0.3 is 0 Å². The zero-order valence-electron chi connectivity index (χ0n) is 13.1. The molecule has 110 valence electrons. The van der Waals surface area contributed by atoms with E-state index in [1.54, 1.807) is 0 Å². The van der Waals surface area contributed by atoms with E-state index in [0.717, 1.165) is 19.0 Å². The first-order valence-corrected chi connectivity index (χ1v) is 7.49. The van der Waals surface area contributed by atoms with Crippen LogP contribution in [0.4, 0.5) is 0 Å². The molecular weight excluding hydrogens is 246 g/mol. The predicted molar refractivity (Wildman–Crippen MR) is 86.9 cm³/mol. The summed E-state index contributed by atoms with van der Waals surface area (Å²) < 4.78 is 0. The van der Waals surface area contributed by atoms with Crippen LogP contribution < -0.4 is 5.32 Å². The second-order valence-electron chi connectivity index (χ2n) is 6.33. The standard InChI is InChI=1S/C17H27N3/c1-13(2)10-15(12-20(3)4)19-11-14-6-5-7-17-16(14)8-9-18-17/h5-9,13,15,18-19H,10-12H2,1-4H3. The van der Waals surface area contributed by atoms with Crippen LogP contribution in [0.25, 0.3) is 10.9 Å². The summed E-state index contributed by atoms with van der Waals surface area (Å²) in [5.41, 5.74) is 2.59. The Kier molecular flexibility index (Phi) is 5.21. The fraction of sp³-hybridized carbons (Fsp3) is 0.529. The lowest BCUT2D eigenvalue weighted by Gasteiger charge is -2.24. The Bertz CT molecular complexity index is 518. The maximum absolute atomic E-state index is 3.73. The predicted octanol–water partition coefficient (Wildman–Crippen LogP) is 3.23. The van der Waals surface area contributed by atoms with Crippen molar-refractivity contribution in [3.05, 3.63) is 36.0 Å². The van der Waals surface area contributed by atoms with Crippen LogP contribution in [-0.4, -0.2) is 36.6 Å². The zero-order chi connectivity index (χ0) is 14.5. The molecule has 0 saturated carbocycles. The summed E-state index contributed by atoms with van der Waals surface area (Å²) in [5.74, 6) is 0.718. The first kappa shape index (κ1) is 15.1. The van der Waals surface area contributed by atoms with Gasteiger partial charge in [0.05, 0.1) is 0 Å². The fourth-order valence-corrected chi connectivity index (χ4v) is 2.79. The van der Waals surface area contributed by atoms with Crippen molar-refractivity contribution >= 4 is 10.9 Å². The zero-order valence-corrected chi connectivity index (χ0v) is 13.1. The molecule has 1 heterocycles. The minimum atomic E-state index is 0.541. The normalized spacial score (nSPS) is 13.5. The van der Waals surface area contributed by atoms with Gasteiger partial charge in [-0.15, -0.1) is 0 Å². The van der Waals surface area contributed by atoms with Gasteiger partial charge in [-0.2, -0.15) is 0 Å². The maximum atomic E-state index is 3.73. The fourth-order valence-electron chi connectivity index (χ4n) is 2.79. The maximum Gasteiger partial charge on any atom is 0.0457 e. The third-order valence-electron chi connectivity index (χ3n) is 3.61. The van der Waals surface area contributed by atoms with E-state index in [1.807, 2.05) is 6.20 Å². The summed E-state index contributed by atoms with van der Waals surface area (Å²) in [4.78, 5) is 5.54. The number of H-pyrrole nitrogens is 1. The van der Waals surface area contributed by atoms with Crippen molar-refractivity contribution in [2.45, 2.75) is 32.9 Å². The summed E-state index contributed by atoms with van der Waals surface area (Å²) in [6, 6.07) is 9.17. The largest absolute Gasteiger partial charge is 0.361 e. The SMILES string of the molecule is CC(C)CC(CN(C)C)NCc1cccc2[nH]ccc12. The minimum Gasteiger partial charge on any atom is -0.361 e. The second-order valence-corrected chi connectivity index (χ2v) is 6.33. The number of likely N-dealkylation sites (N-methyl/N-ethyl adjacent to an activating group) is 1. The Hall–Kier alpha value is -1.32. The van der Waals surface area contributed by atoms with Gasteiger partial charge in [0.15, 0.2) is 0 Å². The lowest BCUT2D eigenvalue weighted by atomic mass is 10.0. The molecule has 3 nitrogen and oxygen atoms in total. The van der Waals surface area contributed by atoms with Gasteiger partial charge in [-0.3, -0.25) is 0 Å². The lowest BCUT2D eigenvalue weighted by Crippen LogP contribution is -2.38. The van der Waals surface area contributed by atoms with Crippen LogP contribution in [0, 0.1) is 5.92 Å². The van der Waals surface area contributed by atoms with Crippen LogP contribution in [0.1, 0.15) is 25.8 Å². The highest BCUT2D eigenvalue weighted by molar-refractivity contribution is 5.82. The van der Waals surface area contributed by atoms with Crippen molar-refractivity contribution in [3.63, 3.8) is 0 Å². The Labute approximate surface area is 122 Å². The molecule has 3 heteroatoms. The van der Waals surface area contributed by atoms with E-state index in [2.05, 4.69) is 67.4 Å².